The van der Waals surface area contributed by atoms with Crippen molar-refractivity contribution in [2.75, 3.05) is 25.0 Å². The van der Waals surface area contributed by atoms with Gasteiger partial charge in [-0.15, -0.1) is 0 Å². The zero-order chi connectivity index (χ0) is 23.6. The van der Waals surface area contributed by atoms with Crippen LogP contribution < -0.4 is 5.32 Å². The van der Waals surface area contributed by atoms with Crippen molar-refractivity contribution >= 4 is 38.6 Å². The lowest BCUT2D eigenvalue weighted by molar-refractivity contribution is 0.0494. The third-order valence-corrected chi connectivity index (χ3v) is 7.70. The van der Waals surface area contributed by atoms with E-state index >= 15 is 0 Å². The fourth-order valence-electron chi connectivity index (χ4n) is 3.85. The van der Waals surface area contributed by atoms with Crippen LogP contribution in [0.5, 0.6) is 0 Å². The molecule has 0 spiro atoms. The highest BCUT2D eigenvalue weighted by atomic mass is 32.2. The Morgan fingerprint density at radius 2 is 1.76 bits per heavy atom. The molecule has 0 radical (unpaired) electrons. The third kappa shape index (κ3) is 4.65. The predicted molar refractivity (Wildman–Crippen MR) is 124 cm³/mol. The average molecular weight is 471 g/mol. The highest BCUT2D eigenvalue weighted by Gasteiger charge is 2.28. The molecule has 1 aromatic heterocycles. The number of para-hydroxylation sites is 1. The van der Waals surface area contributed by atoms with E-state index in [4.69, 9.17) is 9.15 Å². The molecule has 1 aliphatic rings. The van der Waals surface area contributed by atoms with Gasteiger partial charge in [-0.05, 0) is 62.1 Å². The van der Waals surface area contributed by atoms with Crippen molar-refractivity contribution in [3.8, 4) is 0 Å². The lowest BCUT2D eigenvalue weighted by atomic mass is 10.0. The highest BCUT2D eigenvalue weighted by Crippen LogP contribution is 2.32. The van der Waals surface area contributed by atoms with E-state index in [9.17, 15) is 18.0 Å². The minimum Gasteiger partial charge on any atom is -0.460 e. The number of piperidine rings is 1. The number of hydrogen-bond donors (Lipinski definition) is 1. The van der Waals surface area contributed by atoms with E-state index in [0.29, 0.717) is 30.0 Å². The number of esters is 1. The molecule has 0 unspecified atom stereocenters. The Kier molecular flexibility index (Phi) is 6.53. The van der Waals surface area contributed by atoms with Gasteiger partial charge in [-0.1, -0.05) is 19.1 Å². The maximum absolute atomic E-state index is 12.9. The number of carbonyl (C=O) groups is 2. The van der Waals surface area contributed by atoms with Gasteiger partial charge in [0.15, 0.2) is 0 Å². The van der Waals surface area contributed by atoms with E-state index in [1.165, 1.54) is 28.6 Å². The summed E-state index contributed by atoms with van der Waals surface area (Å²) in [7, 11) is -3.61. The number of hydrogen-bond acceptors (Lipinski definition) is 6. The molecule has 4 rings (SSSR count). The van der Waals surface area contributed by atoms with E-state index in [2.05, 4.69) is 12.2 Å². The Labute approximate surface area is 192 Å². The van der Waals surface area contributed by atoms with Gasteiger partial charge in [-0.2, -0.15) is 4.31 Å². The smallest absolute Gasteiger partial charge is 0.376 e. The second-order valence-corrected chi connectivity index (χ2v) is 10.0. The Hall–Kier alpha value is -3.17. The first-order valence-corrected chi connectivity index (χ1v) is 12.4. The molecule has 9 heteroatoms. The molecule has 2 aromatic carbocycles. The number of benzene rings is 2. The molecule has 0 saturated carbocycles. The number of carbonyl (C=O) groups excluding carboxylic acids is 2. The zero-order valence-electron chi connectivity index (χ0n) is 18.5. The van der Waals surface area contributed by atoms with E-state index in [0.717, 1.165) is 12.8 Å². The van der Waals surface area contributed by atoms with Gasteiger partial charge >= 0.3 is 5.97 Å². The Balaban J connectivity index is 1.57. The summed E-state index contributed by atoms with van der Waals surface area (Å²) in [5, 5.41) is 3.28. The molecule has 2 heterocycles. The minimum atomic E-state index is -3.61. The van der Waals surface area contributed by atoms with Crippen molar-refractivity contribution in [3.63, 3.8) is 0 Å². The summed E-state index contributed by atoms with van der Waals surface area (Å²) in [4.78, 5) is 25.4. The van der Waals surface area contributed by atoms with E-state index < -0.39 is 21.9 Å². The maximum Gasteiger partial charge on any atom is 0.376 e. The Bertz CT molecular complexity index is 1270. The number of rotatable bonds is 6. The van der Waals surface area contributed by atoms with Crippen molar-refractivity contribution in [1.82, 2.24) is 4.31 Å². The van der Waals surface area contributed by atoms with Crippen LogP contribution in [0.1, 0.15) is 47.6 Å². The van der Waals surface area contributed by atoms with Crippen LogP contribution >= 0.6 is 0 Å². The lowest BCUT2D eigenvalue weighted by Crippen LogP contribution is -2.37. The van der Waals surface area contributed by atoms with Crippen LogP contribution in [0.25, 0.3) is 11.0 Å². The highest BCUT2D eigenvalue weighted by molar-refractivity contribution is 7.89. The van der Waals surface area contributed by atoms with Crippen LogP contribution in [0.15, 0.2) is 57.8 Å². The second-order valence-electron chi connectivity index (χ2n) is 8.09. The zero-order valence-corrected chi connectivity index (χ0v) is 19.4. The second kappa shape index (κ2) is 9.36. The molecule has 1 saturated heterocycles. The monoisotopic (exact) mass is 470 g/mol. The number of furan rings is 1. The van der Waals surface area contributed by atoms with Crippen LogP contribution in [-0.2, 0) is 14.8 Å². The minimum absolute atomic E-state index is 0.0927. The van der Waals surface area contributed by atoms with Crippen molar-refractivity contribution in [2.45, 2.75) is 31.6 Å². The molecule has 1 amide bonds. The number of ether oxygens (including phenoxy) is 1. The number of fused-ring (bicyclic) bond motifs is 1. The molecule has 174 valence electrons. The normalized spacial score (nSPS) is 15.5. The van der Waals surface area contributed by atoms with Gasteiger partial charge in [0.25, 0.3) is 5.91 Å². The van der Waals surface area contributed by atoms with E-state index in [1.54, 1.807) is 31.2 Å². The van der Waals surface area contributed by atoms with E-state index in [-0.39, 0.29) is 28.5 Å². The lowest BCUT2D eigenvalue weighted by Gasteiger charge is -2.29. The third-order valence-electron chi connectivity index (χ3n) is 5.79. The molecular formula is C24H26N2O6S. The molecule has 8 nitrogen and oxygen atoms in total. The standard InChI is InChI=1S/C24H26N2O6S/c1-3-31-24(28)22-21(19-6-4-5-7-20(19)32-22)25-23(27)17-8-10-18(11-9-17)33(29,30)26-14-12-16(2)13-15-26/h4-11,16H,3,12-15H2,1-2H3,(H,25,27). The van der Waals surface area contributed by atoms with Crippen molar-refractivity contribution in [3.05, 3.63) is 59.9 Å². The topological polar surface area (TPSA) is 106 Å². The quantitative estimate of drug-likeness (QED) is 0.539. The number of sulfonamides is 1. The molecule has 1 fully saturated rings. The first-order chi connectivity index (χ1) is 15.8. The van der Waals surface area contributed by atoms with Gasteiger partial charge in [0.2, 0.25) is 15.8 Å². The summed E-state index contributed by atoms with van der Waals surface area (Å²) in [5.41, 5.74) is 0.905. The van der Waals surface area contributed by atoms with Crippen molar-refractivity contribution in [1.29, 1.82) is 0 Å². The fraction of sp³-hybridized carbons (Fsp3) is 0.333. The average Bonchev–Trinajstić information content (AvgIpc) is 3.18. The van der Waals surface area contributed by atoms with Crippen LogP contribution in [0.4, 0.5) is 5.69 Å². The van der Waals surface area contributed by atoms with Crippen LogP contribution in [0.3, 0.4) is 0 Å². The van der Waals surface area contributed by atoms with Crippen molar-refractivity contribution in [2.24, 2.45) is 5.92 Å². The SMILES string of the molecule is CCOC(=O)c1oc2ccccc2c1NC(=O)c1ccc(S(=O)(=O)N2CCC(C)CC2)cc1. The molecule has 1 aliphatic heterocycles. The van der Waals surface area contributed by atoms with Gasteiger partial charge < -0.3 is 14.5 Å². The first-order valence-electron chi connectivity index (χ1n) is 10.9. The largest absolute Gasteiger partial charge is 0.460 e. The molecular weight excluding hydrogens is 444 g/mol. The number of anilines is 1. The summed E-state index contributed by atoms with van der Waals surface area (Å²) >= 11 is 0. The summed E-state index contributed by atoms with van der Waals surface area (Å²) in [6, 6.07) is 12.7. The van der Waals surface area contributed by atoms with Gasteiger partial charge in [-0.25, -0.2) is 13.2 Å². The Morgan fingerprint density at radius 1 is 1.09 bits per heavy atom. The summed E-state index contributed by atoms with van der Waals surface area (Å²) < 4.78 is 38.0. The van der Waals surface area contributed by atoms with Crippen LogP contribution in [0.2, 0.25) is 0 Å². The summed E-state index contributed by atoms with van der Waals surface area (Å²) in [6.07, 6.45) is 1.67. The van der Waals surface area contributed by atoms with Crippen molar-refractivity contribution < 1.29 is 27.2 Å². The molecule has 3 aromatic rings. The number of amides is 1. The van der Waals surface area contributed by atoms with Crippen LogP contribution in [0, 0.1) is 5.92 Å². The number of nitrogens with zero attached hydrogens (tertiary/aromatic N) is 1. The Morgan fingerprint density at radius 3 is 2.42 bits per heavy atom. The predicted octanol–water partition coefficient (Wildman–Crippen LogP) is 4.28. The summed E-state index contributed by atoms with van der Waals surface area (Å²) in [6.45, 7) is 4.95. The van der Waals surface area contributed by atoms with Gasteiger partial charge in [0, 0.05) is 24.0 Å². The molecule has 0 bridgehead atoms. The van der Waals surface area contributed by atoms with Gasteiger partial charge in [-0.3, -0.25) is 4.79 Å². The fourth-order valence-corrected chi connectivity index (χ4v) is 5.32. The van der Waals surface area contributed by atoms with Crippen LogP contribution in [-0.4, -0.2) is 44.3 Å². The maximum atomic E-state index is 12.9. The van der Waals surface area contributed by atoms with Gasteiger partial charge in [0.1, 0.15) is 11.3 Å². The first kappa shape index (κ1) is 23.0. The molecule has 0 atom stereocenters. The summed E-state index contributed by atoms with van der Waals surface area (Å²) in [5.74, 6) is -0.755. The molecule has 33 heavy (non-hydrogen) atoms. The van der Waals surface area contributed by atoms with Gasteiger partial charge in [0.05, 0.1) is 11.5 Å². The molecule has 1 N–H and O–H groups in total. The molecule has 0 aliphatic carbocycles. The number of nitrogens with one attached hydrogen (secondary N) is 1. The van der Waals surface area contributed by atoms with E-state index in [1.807, 2.05) is 0 Å².